The summed E-state index contributed by atoms with van der Waals surface area (Å²) in [5.74, 6) is 0.287. The molecule has 2 rings (SSSR count). The summed E-state index contributed by atoms with van der Waals surface area (Å²) < 4.78 is 5.28. The van der Waals surface area contributed by atoms with E-state index in [0.717, 1.165) is 23.9 Å². The molecule has 0 fully saturated rings. The molecule has 1 heterocycles. The molecule has 0 saturated heterocycles. The number of phenols is 1. The second-order valence-electron chi connectivity index (χ2n) is 3.42. The van der Waals surface area contributed by atoms with Gasteiger partial charge in [-0.2, -0.15) is 0 Å². The number of aromatic hydroxyl groups is 1. The first-order valence-corrected chi connectivity index (χ1v) is 5.14. The minimum absolute atomic E-state index is 0.287. The molecule has 0 unspecified atom stereocenters. The van der Waals surface area contributed by atoms with Crippen molar-refractivity contribution in [1.29, 1.82) is 0 Å². The highest BCUT2D eigenvalue weighted by Gasteiger charge is 2.07. The molecule has 2 aromatic rings. The Morgan fingerprint density at radius 1 is 1.40 bits per heavy atom. The Morgan fingerprint density at radius 2 is 2.20 bits per heavy atom. The molecule has 0 saturated carbocycles. The van der Waals surface area contributed by atoms with E-state index in [0.29, 0.717) is 10.8 Å². The molecule has 0 amide bonds. The molecule has 0 atom stereocenters. The quantitative estimate of drug-likeness (QED) is 0.844. The van der Waals surface area contributed by atoms with Crippen LogP contribution < -0.4 is 5.32 Å². The molecule has 15 heavy (non-hydrogen) atoms. The first-order valence-electron chi connectivity index (χ1n) is 4.76. The number of nitrogens with one attached hydrogen (secondary N) is 1. The van der Waals surface area contributed by atoms with Crippen LogP contribution in [0.5, 0.6) is 5.75 Å². The van der Waals surface area contributed by atoms with Crippen molar-refractivity contribution in [3.8, 4) is 5.75 Å². The summed E-state index contributed by atoms with van der Waals surface area (Å²) >= 11 is 5.73. The van der Waals surface area contributed by atoms with Crippen molar-refractivity contribution in [3.05, 3.63) is 29.0 Å². The van der Waals surface area contributed by atoms with E-state index in [9.17, 15) is 5.11 Å². The van der Waals surface area contributed by atoms with Crippen LogP contribution in [0, 0.1) is 0 Å². The van der Waals surface area contributed by atoms with E-state index in [1.54, 1.807) is 12.1 Å². The Balaban J connectivity index is 2.42. The van der Waals surface area contributed by atoms with Crippen LogP contribution in [0.1, 0.15) is 5.56 Å². The van der Waals surface area contributed by atoms with Gasteiger partial charge in [0.15, 0.2) is 5.22 Å². The fourth-order valence-electron chi connectivity index (χ4n) is 1.54. The standard InChI is InChI=1S/C11H12ClNO2/c1-13-3-2-7-5-10-8(4-9(7)14)6-11(12)15-10/h4-6,13-14H,2-3H2,1H3. The van der Waals surface area contributed by atoms with Crippen molar-refractivity contribution in [2.75, 3.05) is 13.6 Å². The Morgan fingerprint density at radius 3 is 2.93 bits per heavy atom. The molecule has 2 N–H and O–H groups in total. The number of halogens is 1. The van der Waals surface area contributed by atoms with Crippen LogP contribution in [0.4, 0.5) is 0 Å². The number of hydrogen-bond donors (Lipinski definition) is 2. The summed E-state index contributed by atoms with van der Waals surface area (Å²) in [6.45, 7) is 0.813. The third-order valence-electron chi connectivity index (χ3n) is 2.33. The lowest BCUT2D eigenvalue weighted by Crippen LogP contribution is -2.10. The molecule has 1 aromatic carbocycles. The first kappa shape index (κ1) is 10.3. The van der Waals surface area contributed by atoms with Gasteiger partial charge in [0.2, 0.25) is 0 Å². The molecule has 0 aliphatic carbocycles. The lowest BCUT2D eigenvalue weighted by atomic mass is 10.1. The molecule has 3 nitrogen and oxygen atoms in total. The summed E-state index contributed by atoms with van der Waals surface area (Å²) in [5.41, 5.74) is 1.58. The average molecular weight is 226 g/mol. The number of rotatable bonds is 3. The largest absolute Gasteiger partial charge is 0.508 e. The molecule has 0 bridgehead atoms. The van der Waals surface area contributed by atoms with Crippen LogP contribution in [0.25, 0.3) is 11.0 Å². The highest BCUT2D eigenvalue weighted by Crippen LogP contribution is 2.29. The fraction of sp³-hybridized carbons (Fsp3) is 0.273. The maximum Gasteiger partial charge on any atom is 0.194 e. The lowest BCUT2D eigenvalue weighted by Gasteiger charge is -2.03. The van der Waals surface area contributed by atoms with Gasteiger partial charge < -0.3 is 14.8 Å². The molecule has 0 spiro atoms. The van der Waals surface area contributed by atoms with Gasteiger partial charge >= 0.3 is 0 Å². The van der Waals surface area contributed by atoms with Crippen LogP contribution >= 0.6 is 11.6 Å². The van der Waals surface area contributed by atoms with Gasteiger partial charge in [-0.25, -0.2) is 0 Å². The summed E-state index contributed by atoms with van der Waals surface area (Å²) in [5, 5.41) is 13.9. The fourth-order valence-corrected chi connectivity index (χ4v) is 1.75. The number of furan rings is 1. The molecular weight excluding hydrogens is 214 g/mol. The van der Waals surface area contributed by atoms with Crippen molar-refractivity contribution in [3.63, 3.8) is 0 Å². The minimum Gasteiger partial charge on any atom is -0.508 e. The maximum atomic E-state index is 9.73. The van der Waals surface area contributed by atoms with Gasteiger partial charge in [-0.05, 0) is 49.3 Å². The van der Waals surface area contributed by atoms with Crippen LogP contribution in [0.3, 0.4) is 0 Å². The monoisotopic (exact) mass is 225 g/mol. The van der Waals surface area contributed by atoms with Gasteiger partial charge in [-0.1, -0.05) is 0 Å². The van der Waals surface area contributed by atoms with Crippen molar-refractivity contribution < 1.29 is 9.52 Å². The van der Waals surface area contributed by atoms with E-state index in [1.807, 2.05) is 13.1 Å². The normalized spacial score (nSPS) is 11.1. The topological polar surface area (TPSA) is 45.4 Å². The van der Waals surface area contributed by atoms with Crippen molar-refractivity contribution in [2.24, 2.45) is 0 Å². The Labute approximate surface area is 92.6 Å². The molecule has 1 aromatic heterocycles. The number of benzene rings is 1. The maximum absolute atomic E-state index is 9.73. The number of fused-ring (bicyclic) bond motifs is 1. The van der Waals surface area contributed by atoms with E-state index in [1.165, 1.54) is 0 Å². The molecule has 0 radical (unpaired) electrons. The highest BCUT2D eigenvalue weighted by molar-refractivity contribution is 6.29. The van der Waals surface area contributed by atoms with Gasteiger partial charge in [0.25, 0.3) is 0 Å². The zero-order valence-electron chi connectivity index (χ0n) is 8.38. The third-order valence-corrected chi connectivity index (χ3v) is 2.52. The third kappa shape index (κ3) is 2.08. The SMILES string of the molecule is CNCCc1cc2oc(Cl)cc2cc1O. The van der Waals surface area contributed by atoms with Crippen LogP contribution in [0.15, 0.2) is 22.6 Å². The summed E-state index contributed by atoms with van der Waals surface area (Å²) in [4.78, 5) is 0. The lowest BCUT2D eigenvalue weighted by molar-refractivity contribution is 0.468. The first-order chi connectivity index (χ1) is 7.20. The van der Waals surface area contributed by atoms with E-state index in [-0.39, 0.29) is 5.75 Å². The predicted octanol–water partition coefficient (Wildman–Crippen LogP) is 2.55. The number of likely N-dealkylation sites (N-methyl/N-ethyl adjacent to an activating group) is 1. The van der Waals surface area contributed by atoms with E-state index in [2.05, 4.69) is 5.32 Å². The Kier molecular flexibility index (Phi) is 2.84. The molecular formula is C11H12ClNO2. The summed E-state index contributed by atoms with van der Waals surface area (Å²) in [6, 6.07) is 5.20. The van der Waals surface area contributed by atoms with Crippen LogP contribution in [0.2, 0.25) is 5.22 Å². The minimum atomic E-state index is 0.287. The average Bonchev–Trinajstić information content (AvgIpc) is 2.53. The number of hydrogen-bond acceptors (Lipinski definition) is 3. The van der Waals surface area contributed by atoms with E-state index >= 15 is 0 Å². The Hall–Kier alpha value is -1.19. The van der Waals surface area contributed by atoms with Crippen molar-refractivity contribution in [1.82, 2.24) is 5.32 Å². The molecule has 0 aliphatic rings. The predicted molar refractivity (Wildman–Crippen MR) is 60.5 cm³/mol. The van der Waals surface area contributed by atoms with Crippen LogP contribution in [-0.4, -0.2) is 18.7 Å². The van der Waals surface area contributed by atoms with Crippen molar-refractivity contribution in [2.45, 2.75) is 6.42 Å². The van der Waals surface area contributed by atoms with Crippen molar-refractivity contribution >= 4 is 22.6 Å². The number of phenolic OH excluding ortho intramolecular Hbond substituents is 1. The van der Waals surface area contributed by atoms with Crippen LogP contribution in [-0.2, 0) is 6.42 Å². The van der Waals surface area contributed by atoms with Gasteiger partial charge in [0.1, 0.15) is 11.3 Å². The highest BCUT2D eigenvalue weighted by atomic mass is 35.5. The smallest absolute Gasteiger partial charge is 0.194 e. The van der Waals surface area contributed by atoms with Gasteiger partial charge in [0, 0.05) is 11.5 Å². The molecule has 4 heteroatoms. The van der Waals surface area contributed by atoms with Gasteiger partial charge in [-0.15, -0.1) is 0 Å². The van der Waals surface area contributed by atoms with Gasteiger partial charge in [-0.3, -0.25) is 0 Å². The molecule has 80 valence electrons. The van der Waals surface area contributed by atoms with E-state index < -0.39 is 0 Å². The Bertz CT molecular complexity index is 479. The van der Waals surface area contributed by atoms with E-state index in [4.69, 9.17) is 16.0 Å². The van der Waals surface area contributed by atoms with Gasteiger partial charge in [0.05, 0.1) is 0 Å². The summed E-state index contributed by atoms with van der Waals surface area (Å²) in [7, 11) is 1.87. The summed E-state index contributed by atoms with van der Waals surface area (Å²) in [6.07, 6.45) is 0.761. The second kappa shape index (κ2) is 4.13. The second-order valence-corrected chi connectivity index (χ2v) is 3.80. The zero-order valence-corrected chi connectivity index (χ0v) is 9.14. The molecule has 0 aliphatic heterocycles. The zero-order chi connectivity index (χ0) is 10.8.